The predicted molar refractivity (Wildman–Crippen MR) is 113 cm³/mol. The van der Waals surface area contributed by atoms with Crippen LogP contribution in [0.5, 0.6) is 0 Å². The molecule has 0 aromatic heterocycles. The van der Waals surface area contributed by atoms with Gasteiger partial charge in [0, 0.05) is 18.2 Å². The third kappa shape index (κ3) is 4.64. The topological polar surface area (TPSA) is 54.5 Å². The molecule has 1 fully saturated rings. The minimum atomic E-state index is -3.08. The van der Waals surface area contributed by atoms with Gasteiger partial charge in [-0.25, -0.2) is 8.42 Å². The second-order valence-electron chi connectivity index (χ2n) is 8.75. The summed E-state index contributed by atoms with van der Waals surface area (Å²) in [6, 6.07) is 15.5. The zero-order chi connectivity index (χ0) is 20.5. The molecule has 0 bridgehead atoms. The van der Waals surface area contributed by atoms with Crippen molar-refractivity contribution >= 4 is 15.7 Å². The number of aryl methyl sites for hydroxylation is 1. The highest BCUT2D eigenvalue weighted by Crippen LogP contribution is 2.26. The van der Waals surface area contributed by atoms with Crippen LogP contribution in [0.1, 0.15) is 54.2 Å². The second-order valence-corrected chi connectivity index (χ2v) is 11.0. The van der Waals surface area contributed by atoms with Crippen molar-refractivity contribution in [1.29, 1.82) is 0 Å². The van der Waals surface area contributed by atoms with Crippen molar-refractivity contribution in [3.05, 3.63) is 70.8 Å². The van der Waals surface area contributed by atoms with Gasteiger partial charge in [-0.15, -0.1) is 0 Å². The van der Waals surface area contributed by atoms with Gasteiger partial charge in [-0.3, -0.25) is 4.79 Å². The minimum Gasteiger partial charge on any atom is -0.330 e. The SMILES string of the molecule is Cc1ccccc1C(=O)N(Cc1ccc(C(C)(C)C)cc1)[C@@H]1CCS(=O)(=O)C1. The van der Waals surface area contributed by atoms with Gasteiger partial charge in [0.2, 0.25) is 0 Å². The monoisotopic (exact) mass is 399 g/mol. The number of hydrogen-bond acceptors (Lipinski definition) is 3. The van der Waals surface area contributed by atoms with E-state index in [0.717, 1.165) is 11.1 Å². The number of carbonyl (C=O) groups excluding carboxylic acids is 1. The van der Waals surface area contributed by atoms with E-state index >= 15 is 0 Å². The van der Waals surface area contributed by atoms with Gasteiger partial charge in [0.05, 0.1) is 11.5 Å². The Labute approximate surface area is 168 Å². The maximum atomic E-state index is 13.3. The minimum absolute atomic E-state index is 0.0463. The standard InChI is InChI=1S/C23H29NO3S/c1-17-7-5-6-8-21(17)22(25)24(20-13-14-28(26,27)16-20)15-18-9-11-19(12-10-18)23(2,3)4/h5-12,20H,13-16H2,1-4H3/t20-/m1/s1. The fraction of sp³-hybridized carbons (Fsp3) is 0.435. The molecule has 5 heteroatoms. The lowest BCUT2D eigenvalue weighted by Crippen LogP contribution is -2.41. The van der Waals surface area contributed by atoms with Crippen LogP contribution in [0.3, 0.4) is 0 Å². The summed E-state index contributed by atoms with van der Waals surface area (Å²) < 4.78 is 24.1. The van der Waals surface area contributed by atoms with Crippen molar-refractivity contribution in [1.82, 2.24) is 4.90 Å². The fourth-order valence-corrected chi connectivity index (χ4v) is 5.39. The van der Waals surface area contributed by atoms with Crippen molar-refractivity contribution in [3.63, 3.8) is 0 Å². The summed E-state index contributed by atoms with van der Waals surface area (Å²) in [6.07, 6.45) is 0.500. The van der Waals surface area contributed by atoms with Crippen molar-refractivity contribution in [2.45, 2.75) is 52.1 Å². The Kier molecular flexibility index (Phi) is 5.67. The Morgan fingerprint density at radius 1 is 1.07 bits per heavy atom. The number of rotatable bonds is 4. The molecule has 150 valence electrons. The number of carbonyl (C=O) groups is 1. The molecule has 1 heterocycles. The molecule has 3 rings (SSSR count). The van der Waals surface area contributed by atoms with E-state index in [1.54, 1.807) is 4.90 Å². The van der Waals surface area contributed by atoms with Gasteiger partial charge in [-0.1, -0.05) is 63.2 Å². The molecule has 1 aliphatic heterocycles. The quantitative estimate of drug-likeness (QED) is 0.777. The molecule has 2 aromatic rings. The molecule has 2 aromatic carbocycles. The van der Waals surface area contributed by atoms with Gasteiger partial charge in [-0.2, -0.15) is 0 Å². The average Bonchev–Trinajstić information content (AvgIpc) is 2.99. The van der Waals surface area contributed by atoms with Crippen LogP contribution < -0.4 is 0 Å². The molecule has 0 unspecified atom stereocenters. The summed E-state index contributed by atoms with van der Waals surface area (Å²) >= 11 is 0. The maximum Gasteiger partial charge on any atom is 0.254 e. The second kappa shape index (κ2) is 7.70. The molecular formula is C23H29NO3S. The van der Waals surface area contributed by atoms with Crippen LogP contribution >= 0.6 is 0 Å². The zero-order valence-corrected chi connectivity index (χ0v) is 17.9. The first-order valence-electron chi connectivity index (χ1n) is 9.73. The van der Waals surface area contributed by atoms with Crippen LogP contribution in [0.25, 0.3) is 0 Å². The van der Waals surface area contributed by atoms with Gasteiger partial charge < -0.3 is 4.90 Å². The van der Waals surface area contributed by atoms with Crippen LogP contribution in [0.15, 0.2) is 48.5 Å². The van der Waals surface area contributed by atoms with Gasteiger partial charge in [-0.05, 0) is 41.5 Å². The Hall–Kier alpha value is -2.14. The molecule has 1 aliphatic rings. The molecule has 4 nitrogen and oxygen atoms in total. The summed E-state index contributed by atoms with van der Waals surface area (Å²) in [6.45, 7) is 8.82. The molecule has 1 saturated heterocycles. The smallest absolute Gasteiger partial charge is 0.254 e. The fourth-order valence-electron chi connectivity index (χ4n) is 3.66. The third-order valence-corrected chi connectivity index (χ3v) is 7.21. The van der Waals surface area contributed by atoms with E-state index in [1.807, 2.05) is 43.3 Å². The summed E-state index contributed by atoms with van der Waals surface area (Å²) in [5, 5.41) is 0. The number of sulfone groups is 1. The first-order chi connectivity index (χ1) is 13.1. The normalized spacial score (nSPS) is 18.8. The maximum absolute atomic E-state index is 13.3. The first kappa shape index (κ1) is 20.6. The molecule has 0 spiro atoms. The van der Waals surface area contributed by atoms with Crippen molar-refractivity contribution in [2.75, 3.05) is 11.5 Å². The Morgan fingerprint density at radius 3 is 2.25 bits per heavy atom. The Morgan fingerprint density at radius 2 is 1.71 bits per heavy atom. The van der Waals surface area contributed by atoms with Crippen molar-refractivity contribution in [3.8, 4) is 0 Å². The van der Waals surface area contributed by atoms with Crippen LogP contribution in [-0.4, -0.2) is 36.8 Å². The Balaban J connectivity index is 1.91. The van der Waals surface area contributed by atoms with Crippen LogP contribution in [0, 0.1) is 6.92 Å². The first-order valence-corrected chi connectivity index (χ1v) is 11.6. The summed E-state index contributed by atoms with van der Waals surface area (Å²) in [4.78, 5) is 15.1. The van der Waals surface area contributed by atoms with Crippen LogP contribution in [0.4, 0.5) is 0 Å². The van der Waals surface area contributed by atoms with E-state index in [2.05, 4.69) is 32.9 Å². The summed E-state index contributed by atoms with van der Waals surface area (Å²) in [7, 11) is -3.08. The van der Waals surface area contributed by atoms with E-state index in [0.29, 0.717) is 18.5 Å². The molecule has 1 atom stereocenters. The lowest BCUT2D eigenvalue weighted by Gasteiger charge is -2.29. The third-order valence-electron chi connectivity index (χ3n) is 5.46. The van der Waals surface area contributed by atoms with Gasteiger partial charge in [0.15, 0.2) is 9.84 Å². The van der Waals surface area contributed by atoms with Crippen LogP contribution in [0.2, 0.25) is 0 Å². The van der Waals surface area contributed by atoms with E-state index in [1.165, 1.54) is 5.56 Å². The lowest BCUT2D eigenvalue weighted by atomic mass is 9.86. The highest BCUT2D eigenvalue weighted by molar-refractivity contribution is 7.91. The Bertz CT molecular complexity index is 956. The molecule has 28 heavy (non-hydrogen) atoms. The molecule has 0 aliphatic carbocycles. The van der Waals surface area contributed by atoms with Crippen molar-refractivity contribution in [2.24, 2.45) is 0 Å². The average molecular weight is 400 g/mol. The molecule has 0 saturated carbocycles. The molecule has 0 radical (unpaired) electrons. The predicted octanol–water partition coefficient (Wildman–Crippen LogP) is 4.12. The number of benzene rings is 2. The van der Waals surface area contributed by atoms with Gasteiger partial charge in [0.25, 0.3) is 5.91 Å². The summed E-state index contributed by atoms with van der Waals surface area (Å²) in [5.41, 5.74) is 3.85. The van der Waals surface area contributed by atoms with E-state index in [4.69, 9.17) is 0 Å². The van der Waals surface area contributed by atoms with Crippen molar-refractivity contribution < 1.29 is 13.2 Å². The number of nitrogens with zero attached hydrogens (tertiary/aromatic N) is 1. The van der Waals surface area contributed by atoms with Gasteiger partial charge in [0.1, 0.15) is 0 Å². The highest BCUT2D eigenvalue weighted by Gasteiger charge is 2.35. The lowest BCUT2D eigenvalue weighted by molar-refractivity contribution is 0.0680. The summed E-state index contributed by atoms with van der Waals surface area (Å²) in [5.74, 6) is 0.100. The van der Waals surface area contributed by atoms with Crippen LogP contribution in [-0.2, 0) is 21.8 Å². The van der Waals surface area contributed by atoms with E-state index in [9.17, 15) is 13.2 Å². The largest absolute Gasteiger partial charge is 0.330 e. The van der Waals surface area contributed by atoms with E-state index < -0.39 is 9.84 Å². The van der Waals surface area contributed by atoms with E-state index in [-0.39, 0.29) is 28.9 Å². The molecule has 0 N–H and O–H groups in total. The highest BCUT2D eigenvalue weighted by atomic mass is 32.2. The molecular weight excluding hydrogens is 370 g/mol. The molecule has 1 amide bonds. The number of hydrogen-bond donors (Lipinski definition) is 0. The van der Waals surface area contributed by atoms with Gasteiger partial charge >= 0.3 is 0 Å². The number of amides is 1. The zero-order valence-electron chi connectivity index (χ0n) is 17.1.